The van der Waals surface area contributed by atoms with Gasteiger partial charge in [0.15, 0.2) is 4.90 Å². The van der Waals surface area contributed by atoms with Crippen LogP contribution in [0.2, 0.25) is 0 Å². The Morgan fingerprint density at radius 1 is 1.40 bits per heavy atom. The minimum absolute atomic E-state index is 0.308. The summed E-state index contributed by atoms with van der Waals surface area (Å²) in [7, 11) is 1.97. The summed E-state index contributed by atoms with van der Waals surface area (Å²) < 4.78 is 18.4. The van der Waals surface area contributed by atoms with Crippen molar-refractivity contribution in [2.75, 3.05) is 19.8 Å². The van der Waals surface area contributed by atoms with E-state index in [4.69, 9.17) is 4.74 Å². The summed E-state index contributed by atoms with van der Waals surface area (Å²) in [5.41, 5.74) is 2.46. The highest BCUT2D eigenvalue weighted by molar-refractivity contribution is 9.10. The molecule has 1 aromatic carbocycles. The third-order valence-corrected chi connectivity index (χ3v) is 5.23. The number of hydrogen-bond acceptors (Lipinski definition) is 4. The molecule has 1 heterocycles. The van der Waals surface area contributed by atoms with Gasteiger partial charge in [-0.05, 0) is 53.1 Å². The molecule has 0 fully saturated rings. The molecule has 0 saturated carbocycles. The lowest BCUT2D eigenvalue weighted by Crippen LogP contribution is -2.14. The molecule has 0 bridgehead atoms. The highest BCUT2D eigenvalue weighted by Crippen LogP contribution is 2.30. The Balaban J connectivity index is 2.16. The standard InChI is InChI=1S/C18H22BrN3O2S/c1-5-22(3)12-20-16-10-15(19)18(21-13(16)2)24-11-14-8-6-7-9-17(14)25(4)23/h6-10,12H,5,11H2,1-4H3/b20-12+. The van der Waals surface area contributed by atoms with Gasteiger partial charge < -0.3 is 14.2 Å². The van der Waals surface area contributed by atoms with Gasteiger partial charge in [-0.15, -0.1) is 0 Å². The lowest BCUT2D eigenvalue weighted by Gasteiger charge is -2.13. The number of halogens is 1. The summed E-state index contributed by atoms with van der Waals surface area (Å²) in [4.78, 5) is 11.7. The van der Waals surface area contributed by atoms with Crippen molar-refractivity contribution in [1.82, 2.24) is 9.88 Å². The third kappa shape index (κ3) is 5.45. The fraction of sp³-hybridized carbons (Fsp3) is 0.333. The molecule has 0 aliphatic rings. The van der Waals surface area contributed by atoms with E-state index >= 15 is 0 Å². The minimum atomic E-state index is -1.06. The smallest absolute Gasteiger partial charge is 0.228 e. The predicted octanol–water partition coefficient (Wildman–Crippen LogP) is 4.08. The van der Waals surface area contributed by atoms with Crippen molar-refractivity contribution in [2.24, 2.45) is 4.99 Å². The normalized spacial score (nSPS) is 12.4. The van der Waals surface area contributed by atoms with Crippen LogP contribution in [0, 0.1) is 6.92 Å². The van der Waals surface area contributed by atoms with E-state index in [0.29, 0.717) is 12.5 Å². The molecule has 0 radical (unpaired) electrons. The van der Waals surface area contributed by atoms with Crippen LogP contribution in [-0.2, 0) is 17.8 Å². The minimum Gasteiger partial charge on any atom is -0.612 e. The topological polar surface area (TPSA) is 60.8 Å². The fourth-order valence-corrected chi connectivity index (χ4v) is 3.26. The quantitative estimate of drug-likeness (QED) is 0.382. The molecule has 1 unspecified atom stereocenters. The number of aromatic nitrogens is 1. The summed E-state index contributed by atoms with van der Waals surface area (Å²) in [6.07, 6.45) is 3.45. The Morgan fingerprint density at radius 3 is 2.80 bits per heavy atom. The van der Waals surface area contributed by atoms with Gasteiger partial charge in [-0.1, -0.05) is 18.2 Å². The summed E-state index contributed by atoms with van der Waals surface area (Å²) >= 11 is 2.44. The monoisotopic (exact) mass is 423 g/mol. The van der Waals surface area contributed by atoms with Crippen LogP contribution in [-0.4, -0.2) is 40.6 Å². The number of benzene rings is 1. The third-order valence-electron chi connectivity index (χ3n) is 3.65. The zero-order valence-electron chi connectivity index (χ0n) is 14.8. The van der Waals surface area contributed by atoms with E-state index in [2.05, 4.69) is 32.8 Å². The maximum Gasteiger partial charge on any atom is 0.228 e. The summed E-state index contributed by atoms with van der Waals surface area (Å²) in [5.74, 6) is 0.497. The van der Waals surface area contributed by atoms with Gasteiger partial charge in [0.2, 0.25) is 5.88 Å². The summed E-state index contributed by atoms with van der Waals surface area (Å²) in [5, 5.41) is 0. The highest BCUT2D eigenvalue weighted by atomic mass is 79.9. The fourth-order valence-electron chi connectivity index (χ4n) is 2.07. The van der Waals surface area contributed by atoms with Gasteiger partial charge in [0.05, 0.1) is 22.2 Å². The number of aliphatic imine (C=N–C) groups is 1. The van der Waals surface area contributed by atoms with Crippen molar-refractivity contribution in [2.45, 2.75) is 25.3 Å². The molecule has 0 aliphatic heterocycles. The van der Waals surface area contributed by atoms with Gasteiger partial charge in [-0.3, -0.25) is 0 Å². The summed E-state index contributed by atoms with van der Waals surface area (Å²) in [6.45, 7) is 5.15. The van der Waals surface area contributed by atoms with Crippen molar-refractivity contribution in [3.63, 3.8) is 0 Å². The molecule has 0 spiro atoms. The first kappa shape index (κ1) is 19.8. The summed E-state index contributed by atoms with van der Waals surface area (Å²) in [6, 6.07) is 9.44. The Bertz CT molecular complexity index is 753. The largest absolute Gasteiger partial charge is 0.612 e. The van der Waals surface area contributed by atoms with Crippen LogP contribution in [0.15, 0.2) is 44.7 Å². The van der Waals surface area contributed by atoms with Gasteiger partial charge in [0, 0.05) is 19.2 Å². The van der Waals surface area contributed by atoms with Crippen molar-refractivity contribution < 1.29 is 9.29 Å². The first-order valence-corrected chi connectivity index (χ1v) is 10.2. The SMILES string of the molecule is CCN(C)/C=N/c1cc(Br)c(OCc2ccccc2[S+](C)[O-])nc1C. The Hall–Kier alpha value is -1.57. The molecular weight excluding hydrogens is 402 g/mol. The maximum absolute atomic E-state index is 11.8. The highest BCUT2D eigenvalue weighted by Gasteiger charge is 2.13. The zero-order chi connectivity index (χ0) is 18.4. The first-order chi connectivity index (χ1) is 11.9. The molecule has 1 atom stereocenters. The number of rotatable bonds is 7. The first-order valence-electron chi connectivity index (χ1n) is 7.88. The van der Waals surface area contributed by atoms with Crippen LogP contribution < -0.4 is 4.74 Å². The molecule has 0 N–H and O–H groups in total. The van der Waals surface area contributed by atoms with Crippen LogP contribution in [0.25, 0.3) is 0 Å². The average Bonchev–Trinajstić information content (AvgIpc) is 2.60. The van der Waals surface area contributed by atoms with Gasteiger partial charge in [0.1, 0.15) is 12.9 Å². The molecule has 0 aliphatic carbocycles. The molecule has 25 heavy (non-hydrogen) atoms. The Morgan fingerprint density at radius 2 is 2.12 bits per heavy atom. The van der Waals surface area contributed by atoms with E-state index in [-0.39, 0.29) is 0 Å². The van der Waals surface area contributed by atoms with Crippen LogP contribution in [0.1, 0.15) is 18.2 Å². The second kappa shape index (κ2) is 9.22. The molecule has 7 heteroatoms. The van der Waals surface area contributed by atoms with E-state index in [1.807, 2.05) is 49.2 Å². The van der Waals surface area contributed by atoms with Gasteiger partial charge in [-0.2, -0.15) is 0 Å². The van der Waals surface area contributed by atoms with Crippen LogP contribution >= 0.6 is 15.9 Å². The van der Waals surface area contributed by atoms with Gasteiger partial charge >= 0.3 is 0 Å². The second-order valence-electron chi connectivity index (χ2n) is 5.55. The van der Waals surface area contributed by atoms with Crippen molar-refractivity contribution in [3.8, 4) is 5.88 Å². The van der Waals surface area contributed by atoms with Crippen LogP contribution in [0.5, 0.6) is 5.88 Å². The molecule has 5 nitrogen and oxygen atoms in total. The Labute approximate surface area is 160 Å². The zero-order valence-corrected chi connectivity index (χ0v) is 17.2. The van der Waals surface area contributed by atoms with E-state index in [0.717, 1.165) is 32.9 Å². The molecule has 2 aromatic rings. The lowest BCUT2D eigenvalue weighted by atomic mass is 10.2. The van der Waals surface area contributed by atoms with E-state index < -0.39 is 11.2 Å². The van der Waals surface area contributed by atoms with Gasteiger partial charge in [0.25, 0.3) is 0 Å². The van der Waals surface area contributed by atoms with Gasteiger partial charge in [-0.25, -0.2) is 9.98 Å². The molecule has 0 saturated heterocycles. The average molecular weight is 424 g/mol. The van der Waals surface area contributed by atoms with Crippen LogP contribution in [0.4, 0.5) is 5.69 Å². The maximum atomic E-state index is 11.8. The molecule has 2 rings (SSSR count). The molecule has 1 aromatic heterocycles. The number of aryl methyl sites for hydroxylation is 1. The van der Waals surface area contributed by atoms with E-state index in [1.54, 1.807) is 12.6 Å². The molecule has 0 amide bonds. The van der Waals surface area contributed by atoms with E-state index in [1.165, 1.54) is 0 Å². The number of hydrogen-bond donors (Lipinski definition) is 0. The van der Waals surface area contributed by atoms with Crippen molar-refractivity contribution >= 4 is 39.1 Å². The molecular formula is C18H22BrN3O2S. The second-order valence-corrected chi connectivity index (χ2v) is 7.75. The van der Waals surface area contributed by atoms with Crippen molar-refractivity contribution in [1.29, 1.82) is 0 Å². The van der Waals surface area contributed by atoms with Crippen LogP contribution in [0.3, 0.4) is 0 Å². The number of ether oxygens (including phenoxy) is 1. The lowest BCUT2D eigenvalue weighted by molar-refractivity contribution is 0.288. The van der Waals surface area contributed by atoms with E-state index in [9.17, 15) is 4.55 Å². The van der Waals surface area contributed by atoms with Crippen molar-refractivity contribution in [3.05, 3.63) is 46.1 Å². The predicted molar refractivity (Wildman–Crippen MR) is 106 cm³/mol. The molecule has 134 valence electrons. The number of pyridine rings is 1. The Kier molecular flexibility index (Phi) is 7.28. The number of nitrogens with zero attached hydrogens (tertiary/aromatic N) is 3.